The molecule has 2 N–H and O–H groups in total. The molecule has 1 amide bonds. The Balaban J connectivity index is 2.80. The number of aliphatic hydroxyl groups is 1. The van der Waals surface area contributed by atoms with E-state index in [2.05, 4.69) is 5.32 Å². The summed E-state index contributed by atoms with van der Waals surface area (Å²) in [4.78, 5) is 11.0. The van der Waals surface area contributed by atoms with Gasteiger partial charge in [-0.15, -0.1) is 0 Å². The van der Waals surface area contributed by atoms with Gasteiger partial charge in [-0.25, -0.2) is 0 Å². The lowest BCUT2D eigenvalue weighted by atomic mass is 9.70. The molecule has 1 rings (SSSR count). The second-order valence-corrected chi connectivity index (χ2v) is 4.30. The van der Waals surface area contributed by atoms with Gasteiger partial charge in [-0.3, -0.25) is 4.79 Å². The summed E-state index contributed by atoms with van der Waals surface area (Å²) in [5, 5.41) is 12.3. The Morgan fingerprint density at radius 1 is 1.55 bits per heavy atom. The van der Waals surface area contributed by atoms with E-state index in [0.717, 1.165) is 0 Å². The maximum Gasteiger partial charge on any atom is 0.228 e. The van der Waals surface area contributed by atoms with Crippen molar-refractivity contribution in [2.75, 3.05) is 0 Å². The number of carbonyl (C=O) groups is 1. The fraction of sp³-hybridized carbons (Fsp3) is 0.875. The van der Waals surface area contributed by atoms with Crippen LogP contribution in [0.1, 0.15) is 27.7 Å². The highest BCUT2D eigenvalue weighted by atomic mass is 16.3. The molecule has 1 aliphatic heterocycles. The summed E-state index contributed by atoms with van der Waals surface area (Å²) in [5.74, 6) is -0.336. The summed E-state index contributed by atoms with van der Waals surface area (Å²) in [5.41, 5.74) is -1.17. The van der Waals surface area contributed by atoms with Crippen LogP contribution in [0, 0.1) is 5.92 Å². The van der Waals surface area contributed by atoms with Crippen molar-refractivity contribution in [3.05, 3.63) is 0 Å². The molecule has 1 heterocycles. The van der Waals surface area contributed by atoms with E-state index in [-0.39, 0.29) is 17.4 Å². The third-order valence-corrected chi connectivity index (χ3v) is 2.14. The first-order valence-electron chi connectivity index (χ1n) is 3.79. The zero-order valence-electron chi connectivity index (χ0n) is 7.43. The van der Waals surface area contributed by atoms with Crippen LogP contribution in [0.2, 0.25) is 0 Å². The molecule has 3 heteroatoms. The van der Waals surface area contributed by atoms with Gasteiger partial charge in [-0.1, -0.05) is 0 Å². The summed E-state index contributed by atoms with van der Waals surface area (Å²) in [6.45, 7) is 7.16. The minimum atomic E-state index is -0.911. The molecule has 64 valence electrons. The van der Waals surface area contributed by atoms with E-state index in [1.165, 1.54) is 0 Å². The number of rotatable bonds is 1. The van der Waals surface area contributed by atoms with Crippen LogP contribution in [0.4, 0.5) is 0 Å². The predicted octanol–water partition coefficient (Wildman–Crippen LogP) is 0.282. The second kappa shape index (κ2) is 1.97. The molecule has 3 nitrogen and oxygen atoms in total. The maximum atomic E-state index is 11.0. The summed E-state index contributed by atoms with van der Waals surface area (Å²) in [6.07, 6.45) is 0. The van der Waals surface area contributed by atoms with Gasteiger partial charge in [0.1, 0.15) is 0 Å². The smallest absolute Gasteiger partial charge is 0.228 e. The zero-order valence-corrected chi connectivity index (χ0v) is 7.43. The molecular formula is C8H15NO2. The summed E-state index contributed by atoms with van der Waals surface area (Å²) < 4.78 is 0. The predicted molar refractivity (Wildman–Crippen MR) is 42.0 cm³/mol. The average Bonchev–Trinajstić information content (AvgIpc) is 1.54. The molecule has 0 bridgehead atoms. The van der Waals surface area contributed by atoms with Gasteiger partial charge in [-0.2, -0.15) is 0 Å². The van der Waals surface area contributed by atoms with Gasteiger partial charge >= 0.3 is 0 Å². The Kier molecular flexibility index (Phi) is 1.53. The number of nitrogens with one attached hydrogen (secondary N) is 1. The molecule has 11 heavy (non-hydrogen) atoms. The molecule has 1 fully saturated rings. The lowest BCUT2D eigenvalue weighted by molar-refractivity contribution is -0.155. The summed E-state index contributed by atoms with van der Waals surface area (Å²) in [7, 11) is 0. The molecule has 1 atom stereocenters. The molecule has 1 saturated heterocycles. The van der Waals surface area contributed by atoms with Crippen molar-refractivity contribution < 1.29 is 9.90 Å². The van der Waals surface area contributed by atoms with E-state index in [4.69, 9.17) is 0 Å². The Hall–Kier alpha value is -0.570. The number of β-lactam (4-membered cyclic amide) rings is 1. The second-order valence-electron chi connectivity index (χ2n) is 4.30. The fourth-order valence-electron chi connectivity index (χ4n) is 1.92. The SMILES string of the molecule is CC(C)(O)C1C(=O)NC1(C)C. The van der Waals surface area contributed by atoms with Crippen LogP contribution in [0.5, 0.6) is 0 Å². The monoisotopic (exact) mass is 157 g/mol. The lowest BCUT2D eigenvalue weighted by Gasteiger charge is -2.49. The van der Waals surface area contributed by atoms with Crippen molar-refractivity contribution in [3.63, 3.8) is 0 Å². The lowest BCUT2D eigenvalue weighted by Crippen LogP contribution is -2.71. The summed E-state index contributed by atoms with van der Waals surface area (Å²) >= 11 is 0. The van der Waals surface area contributed by atoms with Crippen molar-refractivity contribution in [3.8, 4) is 0 Å². The Labute approximate surface area is 66.8 Å². The fourth-order valence-corrected chi connectivity index (χ4v) is 1.92. The summed E-state index contributed by atoms with van der Waals surface area (Å²) in [6, 6.07) is 0. The molecule has 0 saturated carbocycles. The minimum Gasteiger partial charge on any atom is -0.390 e. The third kappa shape index (κ3) is 1.25. The van der Waals surface area contributed by atoms with Gasteiger partial charge in [0, 0.05) is 5.54 Å². The number of hydrogen-bond donors (Lipinski definition) is 2. The number of hydrogen-bond acceptors (Lipinski definition) is 2. The van der Waals surface area contributed by atoms with E-state index in [1.54, 1.807) is 13.8 Å². The van der Waals surface area contributed by atoms with E-state index >= 15 is 0 Å². The average molecular weight is 157 g/mol. The normalized spacial score (nSPS) is 29.2. The first-order valence-corrected chi connectivity index (χ1v) is 3.79. The topological polar surface area (TPSA) is 49.3 Å². The highest BCUT2D eigenvalue weighted by Gasteiger charge is 2.53. The molecule has 0 aromatic heterocycles. The minimum absolute atomic E-state index is 0.0532. The van der Waals surface area contributed by atoms with Gasteiger partial charge in [0.2, 0.25) is 5.91 Å². The van der Waals surface area contributed by atoms with Crippen molar-refractivity contribution >= 4 is 5.91 Å². The number of carbonyl (C=O) groups excluding carboxylic acids is 1. The van der Waals surface area contributed by atoms with Crippen LogP contribution < -0.4 is 5.32 Å². The van der Waals surface area contributed by atoms with Crippen LogP contribution in [-0.4, -0.2) is 22.2 Å². The van der Waals surface area contributed by atoms with Gasteiger partial charge in [-0.05, 0) is 27.7 Å². The first-order chi connectivity index (χ1) is 4.75. The van der Waals surface area contributed by atoms with Gasteiger partial charge in [0.25, 0.3) is 0 Å². The quantitative estimate of drug-likeness (QED) is 0.537. The van der Waals surface area contributed by atoms with E-state index in [0.29, 0.717) is 0 Å². The van der Waals surface area contributed by atoms with Crippen LogP contribution in [0.3, 0.4) is 0 Å². The maximum absolute atomic E-state index is 11.0. The van der Waals surface area contributed by atoms with Crippen LogP contribution in [-0.2, 0) is 4.79 Å². The van der Waals surface area contributed by atoms with Crippen LogP contribution in [0.15, 0.2) is 0 Å². The first kappa shape index (κ1) is 8.53. The van der Waals surface area contributed by atoms with E-state index in [1.807, 2.05) is 13.8 Å². The van der Waals surface area contributed by atoms with E-state index in [9.17, 15) is 9.90 Å². The van der Waals surface area contributed by atoms with Crippen molar-refractivity contribution in [2.24, 2.45) is 5.92 Å². The third-order valence-electron chi connectivity index (χ3n) is 2.14. The Morgan fingerprint density at radius 3 is 2.09 bits per heavy atom. The molecule has 0 aliphatic carbocycles. The van der Waals surface area contributed by atoms with Crippen molar-refractivity contribution in [1.29, 1.82) is 0 Å². The van der Waals surface area contributed by atoms with Gasteiger partial charge in [0.15, 0.2) is 0 Å². The molecule has 1 aliphatic rings. The van der Waals surface area contributed by atoms with Crippen LogP contribution in [0.25, 0.3) is 0 Å². The van der Waals surface area contributed by atoms with Crippen LogP contribution >= 0.6 is 0 Å². The van der Waals surface area contributed by atoms with Crippen molar-refractivity contribution in [2.45, 2.75) is 38.8 Å². The zero-order chi connectivity index (χ0) is 8.86. The standard InChI is InChI=1S/C8H15NO2/c1-7(2)5(6(10)9-7)8(3,4)11/h5,11H,1-4H3,(H,9,10). The molecule has 0 radical (unpaired) electrons. The van der Waals surface area contributed by atoms with Crippen molar-refractivity contribution in [1.82, 2.24) is 5.32 Å². The Bertz CT molecular complexity index is 181. The van der Waals surface area contributed by atoms with Gasteiger partial charge < -0.3 is 10.4 Å². The Morgan fingerprint density at radius 2 is 2.00 bits per heavy atom. The molecule has 0 aromatic rings. The molecule has 1 unspecified atom stereocenters. The molecule has 0 spiro atoms. The molecular weight excluding hydrogens is 142 g/mol. The van der Waals surface area contributed by atoms with E-state index < -0.39 is 5.60 Å². The van der Waals surface area contributed by atoms with Gasteiger partial charge in [0.05, 0.1) is 11.5 Å². The molecule has 0 aromatic carbocycles. The highest BCUT2D eigenvalue weighted by molar-refractivity contribution is 5.88. The largest absolute Gasteiger partial charge is 0.390 e. The highest BCUT2D eigenvalue weighted by Crippen LogP contribution is 2.35. The number of amides is 1.